The highest BCUT2D eigenvalue weighted by atomic mass is 32.2. The zero-order valence-corrected chi connectivity index (χ0v) is 10.1. The van der Waals surface area contributed by atoms with E-state index in [0.29, 0.717) is 13.0 Å². The van der Waals surface area contributed by atoms with Gasteiger partial charge in [-0.3, -0.25) is 4.98 Å². The van der Waals surface area contributed by atoms with Crippen LogP contribution in [0.2, 0.25) is 0 Å². The topological polar surface area (TPSA) is 85.1 Å². The molecule has 90 valence electrons. The zero-order valence-electron chi connectivity index (χ0n) is 9.26. The van der Waals surface area contributed by atoms with Crippen molar-refractivity contribution in [2.24, 2.45) is 5.14 Å². The zero-order chi connectivity index (χ0) is 12.0. The van der Waals surface area contributed by atoms with Gasteiger partial charge in [-0.1, -0.05) is 6.07 Å². The average molecular weight is 243 g/mol. The third kappa shape index (κ3) is 5.20. The summed E-state index contributed by atoms with van der Waals surface area (Å²) < 4.78 is 21.4. The number of primary sulfonamides is 1. The first-order valence-corrected chi connectivity index (χ1v) is 6.84. The van der Waals surface area contributed by atoms with Gasteiger partial charge in [-0.15, -0.1) is 0 Å². The van der Waals surface area contributed by atoms with E-state index in [1.807, 2.05) is 19.1 Å². The van der Waals surface area contributed by atoms with Crippen LogP contribution < -0.4 is 10.5 Å². The van der Waals surface area contributed by atoms with E-state index in [0.717, 1.165) is 5.56 Å². The van der Waals surface area contributed by atoms with Crippen LogP contribution in [0.25, 0.3) is 0 Å². The number of nitrogens with zero attached hydrogens (tertiary/aromatic N) is 1. The minimum atomic E-state index is -3.34. The quantitative estimate of drug-likeness (QED) is 0.709. The normalized spacial score (nSPS) is 13.6. The predicted molar refractivity (Wildman–Crippen MR) is 63.2 cm³/mol. The summed E-state index contributed by atoms with van der Waals surface area (Å²) >= 11 is 0. The standard InChI is InChI=1S/C10H17N3O2S/c1-9(10-4-2-5-12-8-10)13-6-3-7-16(11,14)15/h2,4-5,8-9,13H,3,6-7H2,1H3,(H2,11,14,15). The minimum Gasteiger partial charge on any atom is -0.310 e. The lowest BCUT2D eigenvalue weighted by atomic mass is 10.1. The van der Waals surface area contributed by atoms with Crippen molar-refractivity contribution in [1.29, 1.82) is 0 Å². The van der Waals surface area contributed by atoms with Gasteiger partial charge < -0.3 is 5.32 Å². The van der Waals surface area contributed by atoms with Gasteiger partial charge in [0.25, 0.3) is 0 Å². The smallest absolute Gasteiger partial charge is 0.209 e. The van der Waals surface area contributed by atoms with Crippen LogP contribution in [0, 0.1) is 0 Å². The number of aromatic nitrogens is 1. The van der Waals surface area contributed by atoms with Crippen LogP contribution in [0.15, 0.2) is 24.5 Å². The Morgan fingerprint density at radius 1 is 1.56 bits per heavy atom. The highest BCUT2D eigenvalue weighted by Crippen LogP contribution is 2.09. The summed E-state index contributed by atoms with van der Waals surface area (Å²) in [6.07, 6.45) is 4.03. The van der Waals surface area contributed by atoms with Gasteiger partial charge in [0.15, 0.2) is 0 Å². The number of nitrogens with one attached hydrogen (secondary N) is 1. The van der Waals surface area contributed by atoms with Gasteiger partial charge in [0.05, 0.1) is 5.75 Å². The van der Waals surface area contributed by atoms with Gasteiger partial charge in [0.2, 0.25) is 10.0 Å². The van der Waals surface area contributed by atoms with Gasteiger partial charge >= 0.3 is 0 Å². The molecule has 5 nitrogen and oxygen atoms in total. The van der Waals surface area contributed by atoms with Crippen molar-refractivity contribution in [1.82, 2.24) is 10.3 Å². The molecule has 0 saturated heterocycles. The van der Waals surface area contributed by atoms with Gasteiger partial charge in [-0.05, 0) is 31.5 Å². The van der Waals surface area contributed by atoms with E-state index < -0.39 is 10.0 Å². The maximum Gasteiger partial charge on any atom is 0.209 e. The van der Waals surface area contributed by atoms with Crippen LogP contribution >= 0.6 is 0 Å². The lowest BCUT2D eigenvalue weighted by Gasteiger charge is -2.13. The highest BCUT2D eigenvalue weighted by molar-refractivity contribution is 7.89. The van der Waals surface area contributed by atoms with Crippen molar-refractivity contribution in [3.8, 4) is 0 Å². The molecule has 1 atom stereocenters. The Hall–Kier alpha value is -0.980. The molecule has 3 N–H and O–H groups in total. The molecule has 1 rings (SSSR count). The number of pyridine rings is 1. The molecule has 6 heteroatoms. The fourth-order valence-electron chi connectivity index (χ4n) is 1.34. The molecule has 0 aromatic carbocycles. The van der Waals surface area contributed by atoms with E-state index >= 15 is 0 Å². The van der Waals surface area contributed by atoms with E-state index in [9.17, 15) is 8.42 Å². The van der Waals surface area contributed by atoms with Crippen molar-refractivity contribution < 1.29 is 8.42 Å². The first kappa shape index (κ1) is 13.1. The molecule has 0 aliphatic carbocycles. The van der Waals surface area contributed by atoms with Crippen LogP contribution in [0.1, 0.15) is 24.9 Å². The van der Waals surface area contributed by atoms with Crippen molar-refractivity contribution in [3.05, 3.63) is 30.1 Å². The van der Waals surface area contributed by atoms with Crippen molar-refractivity contribution in [3.63, 3.8) is 0 Å². The molecule has 1 aromatic heterocycles. The first-order valence-electron chi connectivity index (χ1n) is 5.13. The summed E-state index contributed by atoms with van der Waals surface area (Å²) in [6, 6.07) is 4.01. The van der Waals surface area contributed by atoms with E-state index in [2.05, 4.69) is 10.3 Å². The fourth-order valence-corrected chi connectivity index (χ4v) is 1.89. The largest absolute Gasteiger partial charge is 0.310 e. The van der Waals surface area contributed by atoms with E-state index in [1.165, 1.54) is 0 Å². The molecule has 0 amide bonds. The Labute approximate surface area is 96.1 Å². The monoisotopic (exact) mass is 243 g/mol. The van der Waals surface area contributed by atoms with Crippen molar-refractivity contribution in [2.75, 3.05) is 12.3 Å². The molecule has 1 heterocycles. The number of nitrogens with two attached hydrogens (primary N) is 1. The molecule has 0 aliphatic rings. The summed E-state index contributed by atoms with van der Waals surface area (Å²) in [5.74, 6) is 0.0137. The predicted octanol–water partition coefficient (Wildman–Crippen LogP) is 0.411. The Bertz CT molecular complexity index is 405. The minimum absolute atomic E-state index is 0.0137. The molecule has 1 aromatic rings. The summed E-state index contributed by atoms with van der Waals surface area (Å²) in [6.45, 7) is 2.63. The van der Waals surface area contributed by atoms with Gasteiger partial charge in [-0.2, -0.15) is 0 Å². The summed E-state index contributed by atoms with van der Waals surface area (Å²) in [5.41, 5.74) is 1.08. The van der Waals surface area contributed by atoms with Gasteiger partial charge in [-0.25, -0.2) is 13.6 Å². The summed E-state index contributed by atoms with van der Waals surface area (Å²) in [4.78, 5) is 4.02. The fraction of sp³-hybridized carbons (Fsp3) is 0.500. The molecule has 0 aliphatic heterocycles. The van der Waals surface area contributed by atoms with Crippen LogP contribution in [-0.2, 0) is 10.0 Å². The second-order valence-electron chi connectivity index (χ2n) is 3.68. The second kappa shape index (κ2) is 5.93. The lowest BCUT2D eigenvalue weighted by molar-refractivity contribution is 0.559. The second-order valence-corrected chi connectivity index (χ2v) is 5.42. The van der Waals surface area contributed by atoms with Gasteiger partial charge in [0.1, 0.15) is 0 Å². The maximum absolute atomic E-state index is 10.7. The third-order valence-electron chi connectivity index (χ3n) is 2.24. The summed E-state index contributed by atoms with van der Waals surface area (Å²) in [5, 5.41) is 8.11. The van der Waals surface area contributed by atoms with E-state index in [1.54, 1.807) is 12.4 Å². The molecule has 16 heavy (non-hydrogen) atoms. The van der Waals surface area contributed by atoms with E-state index in [-0.39, 0.29) is 11.8 Å². The van der Waals surface area contributed by atoms with Crippen molar-refractivity contribution in [2.45, 2.75) is 19.4 Å². The molecule has 0 radical (unpaired) electrons. The van der Waals surface area contributed by atoms with E-state index in [4.69, 9.17) is 5.14 Å². The maximum atomic E-state index is 10.7. The molecular formula is C10H17N3O2S. The number of rotatable bonds is 6. The first-order chi connectivity index (χ1) is 7.49. The van der Waals surface area contributed by atoms with Gasteiger partial charge in [0, 0.05) is 18.4 Å². The highest BCUT2D eigenvalue weighted by Gasteiger charge is 2.05. The van der Waals surface area contributed by atoms with Crippen LogP contribution in [-0.4, -0.2) is 25.7 Å². The SMILES string of the molecule is CC(NCCCS(N)(=O)=O)c1cccnc1. The van der Waals surface area contributed by atoms with Crippen molar-refractivity contribution >= 4 is 10.0 Å². The Kier molecular flexibility index (Phi) is 4.85. The summed E-state index contributed by atoms with van der Waals surface area (Å²) in [7, 11) is -3.34. The van der Waals surface area contributed by atoms with Crippen LogP contribution in [0.3, 0.4) is 0 Å². The Morgan fingerprint density at radius 3 is 2.88 bits per heavy atom. The Morgan fingerprint density at radius 2 is 2.31 bits per heavy atom. The average Bonchev–Trinajstić information content (AvgIpc) is 2.24. The lowest BCUT2D eigenvalue weighted by Crippen LogP contribution is -2.24. The number of sulfonamides is 1. The van der Waals surface area contributed by atoms with Crippen LogP contribution in [0.4, 0.5) is 0 Å². The molecule has 0 fully saturated rings. The van der Waals surface area contributed by atoms with Crippen LogP contribution in [0.5, 0.6) is 0 Å². The molecule has 0 saturated carbocycles. The third-order valence-corrected chi connectivity index (χ3v) is 3.10. The molecular weight excluding hydrogens is 226 g/mol. The number of hydrogen-bond acceptors (Lipinski definition) is 4. The Balaban J connectivity index is 2.29. The molecule has 0 spiro atoms. The molecule has 0 bridgehead atoms. The molecule has 1 unspecified atom stereocenters. The number of hydrogen-bond donors (Lipinski definition) is 2.